The fraction of sp³-hybridized carbons (Fsp3) is 0.500. The van der Waals surface area contributed by atoms with E-state index in [1.165, 1.54) is 5.69 Å². The predicted octanol–water partition coefficient (Wildman–Crippen LogP) is 6.25. The van der Waals surface area contributed by atoms with E-state index in [-0.39, 0.29) is 12.1 Å². The lowest BCUT2D eigenvalue weighted by molar-refractivity contribution is 0.0711. The second-order valence-electron chi connectivity index (χ2n) is 8.68. The van der Waals surface area contributed by atoms with E-state index >= 15 is 0 Å². The molecule has 0 radical (unpaired) electrons. The molecule has 1 heterocycles. The van der Waals surface area contributed by atoms with Crippen LogP contribution in [0.4, 0.5) is 11.4 Å². The molecule has 2 fully saturated rings. The molecule has 4 rings (SSSR count). The fourth-order valence-electron chi connectivity index (χ4n) is 4.75. The number of aliphatic hydroxyl groups is 1. The molecule has 1 aliphatic heterocycles. The maximum atomic E-state index is 9.77. The smallest absolute Gasteiger partial charge is 0.0639 e. The number of hydrogen-bond acceptors (Lipinski definition) is 4. The SMILES string of the molecule is CC(Nc1cc(N2CCN([C@H]3CC[C@@H](O)CC3)CC2)ccc1Cl)c1ccc(Cl)cc1Cl. The molecule has 2 aliphatic rings. The third kappa shape index (κ3) is 5.61. The van der Waals surface area contributed by atoms with Gasteiger partial charge >= 0.3 is 0 Å². The van der Waals surface area contributed by atoms with Gasteiger partial charge in [0, 0.05) is 48.0 Å². The molecule has 0 bridgehead atoms. The standard InChI is InChI=1S/C24H30Cl3N3O/c1-16(21-8-2-17(25)14-23(21)27)28-24-15-19(5-9-22(24)26)30-12-10-29(11-13-30)18-3-6-20(31)7-4-18/h2,5,8-9,14-16,18,20,28,31H,3-4,6-7,10-13H2,1H3/t16?,18-,20+. The number of halogens is 3. The van der Waals surface area contributed by atoms with Crippen molar-refractivity contribution in [2.75, 3.05) is 36.4 Å². The maximum absolute atomic E-state index is 9.77. The first-order chi connectivity index (χ1) is 14.9. The summed E-state index contributed by atoms with van der Waals surface area (Å²) in [7, 11) is 0. The summed E-state index contributed by atoms with van der Waals surface area (Å²) >= 11 is 18.9. The average Bonchev–Trinajstić information content (AvgIpc) is 2.76. The Kier molecular flexibility index (Phi) is 7.56. The average molecular weight is 483 g/mol. The van der Waals surface area contributed by atoms with Crippen LogP contribution in [0.2, 0.25) is 15.1 Å². The van der Waals surface area contributed by atoms with Crippen molar-refractivity contribution >= 4 is 46.2 Å². The highest BCUT2D eigenvalue weighted by Crippen LogP contribution is 2.34. The molecule has 1 saturated heterocycles. The van der Waals surface area contributed by atoms with Crippen LogP contribution < -0.4 is 10.2 Å². The first kappa shape index (κ1) is 23.0. The van der Waals surface area contributed by atoms with E-state index in [2.05, 4.69) is 34.2 Å². The van der Waals surface area contributed by atoms with Crippen molar-refractivity contribution in [1.82, 2.24) is 4.90 Å². The lowest BCUT2D eigenvalue weighted by Crippen LogP contribution is -2.51. The molecule has 1 aliphatic carbocycles. The predicted molar refractivity (Wildman–Crippen MR) is 132 cm³/mol. The lowest BCUT2D eigenvalue weighted by Gasteiger charge is -2.42. The molecular weight excluding hydrogens is 453 g/mol. The molecule has 2 N–H and O–H groups in total. The minimum Gasteiger partial charge on any atom is -0.393 e. The van der Waals surface area contributed by atoms with Gasteiger partial charge in [0.15, 0.2) is 0 Å². The van der Waals surface area contributed by atoms with Crippen molar-refractivity contribution in [2.24, 2.45) is 0 Å². The number of nitrogens with zero attached hydrogens (tertiary/aromatic N) is 2. The van der Waals surface area contributed by atoms with E-state index in [0.29, 0.717) is 21.1 Å². The van der Waals surface area contributed by atoms with E-state index < -0.39 is 0 Å². The zero-order chi connectivity index (χ0) is 22.0. The highest BCUT2D eigenvalue weighted by atomic mass is 35.5. The van der Waals surface area contributed by atoms with E-state index in [0.717, 1.165) is 63.1 Å². The Balaban J connectivity index is 1.40. The third-order valence-corrected chi connectivity index (χ3v) is 7.51. The third-order valence-electron chi connectivity index (χ3n) is 6.61. The van der Waals surface area contributed by atoms with Crippen molar-refractivity contribution < 1.29 is 5.11 Å². The molecule has 0 spiro atoms. The summed E-state index contributed by atoms with van der Waals surface area (Å²) < 4.78 is 0. The summed E-state index contributed by atoms with van der Waals surface area (Å²) in [6.07, 6.45) is 4.00. The Morgan fingerprint density at radius 1 is 0.903 bits per heavy atom. The van der Waals surface area contributed by atoms with Crippen LogP contribution in [-0.2, 0) is 0 Å². The second kappa shape index (κ2) is 10.2. The van der Waals surface area contributed by atoms with Crippen molar-refractivity contribution in [3.8, 4) is 0 Å². The summed E-state index contributed by atoms with van der Waals surface area (Å²) in [5.41, 5.74) is 3.07. The lowest BCUT2D eigenvalue weighted by atomic mass is 9.91. The molecular formula is C24H30Cl3N3O. The van der Waals surface area contributed by atoms with Crippen LogP contribution in [0.5, 0.6) is 0 Å². The highest BCUT2D eigenvalue weighted by Gasteiger charge is 2.27. The van der Waals surface area contributed by atoms with Crippen LogP contribution in [0.25, 0.3) is 0 Å². The zero-order valence-corrected chi connectivity index (χ0v) is 20.1. The van der Waals surface area contributed by atoms with E-state index in [9.17, 15) is 5.11 Å². The molecule has 4 nitrogen and oxygen atoms in total. The van der Waals surface area contributed by atoms with Gasteiger partial charge in [0.1, 0.15) is 0 Å². The van der Waals surface area contributed by atoms with Gasteiger partial charge in [-0.15, -0.1) is 0 Å². The van der Waals surface area contributed by atoms with Gasteiger partial charge < -0.3 is 15.3 Å². The molecule has 1 unspecified atom stereocenters. The Bertz CT molecular complexity index is 894. The largest absolute Gasteiger partial charge is 0.393 e. The van der Waals surface area contributed by atoms with Crippen molar-refractivity contribution in [2.45, 2.75) is 50.8 Å². The summed E-state index contributed by atoms with van der Waals surface area (Å²) in [6, 6.07) is 12.4. The van der Waals surface area contributed by atoms with Crippen LogP contribution in [0.15, 0.2) is 36.4 Å². The molecule has 2 aromatic carbocycles. The summed E-state index contributed by atoms with van der Waals surface area (Å²) in [5.74, 6) is 0. The van der Waals surface area contributed by atoms with E-state index in [1.54, 1.807) is 6.07 Å². The first-order valence-electron chi connectivity index (χ1n) is 11.1. The molecule has 0 aromatic heterocycles. The number of aliphatic hydroxyl groups excluding tert-OH is 1. The van der Waals surface area contributed by atoms with Gasteiger partial charge in [0.05, 0.1) is 22.9 Å². The fourth-order valence-corrected chi connectivity index (χ4v) is 5.50. The van der Waals surface area contributed by atoms with Crippen LogP contribution in [0, 0.1) is 0 Å². The number of rotatable bonds is 5. The van der Waals surface area contributed by atoms with Gasteiger partial charge in [-0.2, -0.15) is 0 Å². The second-order valence-corrected chi connectivity index (χ2v) is 9.93. The minimum atomic E-state index is -0.0947. The molecule has 31 heavy (non-hydrogen) atoms. The summed E-state index contributed by atoms with van der Waals surface area (Å²) in [4.78, 5) is 5.03. The Hall–Kier alpha value is -1.17. The van der Waals surface area contributed by atoms with Gasteiger partial charge in [0.25, 0.3) is 0 Å². The molecule has 1 saturated carbocycles. The maximum Gasteiger partial charge on any atom is 0.0639 e. The monoisotopic (exact) mass is 481 g/mol. The van der Waals surface area contributed by atoms with Gasteiger partial charge in [-0.25, -0.2) is 0 Å². The van der Waals surface area contributed by atoms with Gasteiger partial charge in [-0.3, -0.25) is 4.90 Å². The number of hydrogen-bond donors (Lipinski definition) is 2. The number of anilines is 2. The van der Waals surface area contributed by atoms with Crippen LogP contribution in [0.3, 0.4) is 0 Å². The van der Waals surface area contributed by atoms with Gasteiger partial charge in [-0.05, 0) is 68.5 Å². The molecule has 7 heteroatoms. The number of piperazine rings is 1. The zero-order valence-electron chi connectivity index (χ0n) is 17.8. The van der Waals surface area contributed by atoms with Crippen molar-refractivity contribution in [3.63, 3.8) is 0 Å². The summed E-state index contributed by atoms with van der Waals surface area (Å²) in [5, 5.41) is 15.2. The van der Waals surface area contributed by atoms with E-state index in [1.807, 2.05) is 18.2 Å². The van der Waals surface area contributed by atoms with Gasteiger partial charge in [-0.1, -0.05) is 40.9 Å². The minimum absolute atomic E-state index is 0.00369. The quantitative estimate of drug-likeness (QED) is 0.528. The van der Waals surface area contributed by atoms with Gasteiger partial charge in [0.2, 0.25) is 0 Å². The van der Waals surface area contributed by atoms with Crippen molar-refractivity contribution in [1.29, 1.82) is 0 Å². The molecule has 0 amide bonds. The van der Waals surface area contributed by atoms with E-state index in [4.69, 9.17) is 34.8 Å². The number of benzene rings is 2. The van der Waals surface area contributed by atoms with Crippen molar-refractivity contribution in [3.05, 3.63) is 57.0 Å². The molecule has 2 aromatic rings. The Morgan fingerprint density at radius 2 is 1.61 bits per heavy atom. The topological polar surface area (TPSA) is 38.7 Å². The summed E-state index contributed by atoms with van der Waals surface area (Å²) in [6.45, 7) is 6.18. The Labute approximate surface area is 200 Å². The van der Waals surface area contributed by atoms with Crippen LogP contribution >= 0.6 is 34.8 Å². The molecule has 168 valence electrons. The number of nitrogens with one attached hydrogen (secondary N) is 1. The highest BCUT2D eigenvalue weighted by molar-refractivity contribution is 6.35. The normalized spacial score (nSPS) is 23.6. The van der Waals surface area contributed by atoms with Crippen LogP contribution in [-0.4, -0.2) is 48.3 Å². The molecule has 1 atom stereocenters. The Morgan fingerprint density at radius 3 is 2.29 bits per heavy atom. The van der Waals surface area contributed by atoms with Crippen LogP contribution in [0.1, 0.15) is 44.2 Å². The first-order valence-corrected chi connectivity index (χ1v) is 12.2.